The number of aliphatic imine (C=N–C) groups is 1. The molecule has 0 N–H and O–H groups in total. The van der Waals surface area contributed by atoms with Crippen LogP contribution < -0.4 is 0 Å². The molecule has 3 rings (SSSR count). The molecule has 28 heavy (non-hydrogen) atoms. The van der Waals surface area contributed by atoms with Crippen molar-refractivity contribution in [3.05, 3.63) is 69.8 Å². The molecule has 1 aliphatic carbocycles. The maximum absolute atomic E-state index is 13.9. The lowest BCUT2D eigenvalue weighted by Crippen LogP contribution is -2.00. The minimum absolute atomic E-state index is 0.274. The van der Waals surface area contributed by atoms with E-state index in [-0.39, 0.29) is 5.56 Å². The molecule has 4 heteroatoms. The Balaban J connectivity index is 1.78. The summed E-state index contributed by atoms with van der Waals surface area (Å²) in [6.07, 6.45) is 8.67. The quantitative estimate of drug-likeness (QED) is 0.235. The number of hydrogen-bond donors (Lipinski definition) is 0. The number of isothiocyanates is 1. The standard InChI is InChI=1S/C24H21F2NS/c1-2-3-4-5-17-8-10-21-13-18(9-11-20(21)12-17)6-7-19-14-22(25)24(27-16-28)23(26)15-19/h8,10,12-15H,2-5,9,11H2,1H3. The number of fused-ring (bicyclic) bond motifs is 1. The number of unbranched alkanes of at least 4 members (excludes halogenated alkanes) is 2. The van der Waals surface area contributed by atoms with Crippen molar-refractivity contribution in [2.24, 2.45) is 4.99 Å². The van der Waals surface area contributed by atoms with E-state index < -0.39 is 17.3 Å². The Morgan fingerprint density at radius 1 is 1.04 bits per heavy atom. The molecule has 1 aliphatic rings. The van der Waals surface area contributed by atoms with Gasteiger partial charge in [0.25, 0.3) is 0 Å². The van der Waals surface area contributed by atoms with Crippen LogP contribution in [0.5, 0.6) is 0 Å². The third-order valence-electron chi connectivity index (χ3n) is 4.81. The number of allylic oxidation sites excluding steroid dienone is 1. The summed E-state index contributed by atoms with van der Waals surface area (Å²) < 4.78 is 27.8. The summed E-state index contributed by atoms with van der Waals surface area (Å²) in [6, 6.07) is 8.96. The SMILES string of the molecule is CCCCCc1ccc2c(c1)CCC(C#Cc1cc(F)c(N=C=S)c(F)c1)=C2. The molecular formula is C24H21F2NS. The minimum Gasteiger partial charge on any atom is -0.204 e. The van der Waals surface area contributed by atoms with E-state index >= 15 is 0 Å². The van der Waals surface area contributed by atoms with Crippen LogP contribution in [-0.2, 0) is 12.8 Å². The van der Waals surface area contributed by atoms with Gasteiger partial charge in [0.15, 0.2) is 11.6 Å². The van der Waals surface area contributed by atoms with Crippen LogP contribution in [0.1, 0.15) is 54.9 Å². The van der Waals surface area contributed by atoms with Gasteiger partial charge < -0.3 is 0 Å². The smallest absolute Gasteiger partial charge is 0.153 e. The Labute approximate surface area is 170 Å². The van der Waals surface area contributed by atoms with E-state index in [2.05, 4.69) is 60.3 Å². The number of hydrogen-bond acceptors (Lipinski definition) is 2. The molecule has 0 bridgehead atoms. The predicted molar refractivity (Wildman–Crippen MR) is 114 cm³/mol. The highest BCUT2D eigenvalue weighted by atomic mass is 32.1. The van der Waals surface area contributed by atoms with E-state index in [4.69, 9.17) is 0 Å². The molecule has 0 saturated heterocycles. The van der Waals surface area contributed by atoms with Crippen molar-refractivity contribution >= 4 is 29.1 Å². The first-order chi connectivity index (χ1) is 13.6. The first-order valence-corrected chi connectivity index (χ1v) is 9.93. The van der Waals surface area contributed by atoms with E-state index in [1.807, 2.05) is 5.16 Å². The van der Waals surface area contributed by atoms with Crippen molar-refractivity contribution in [2.75, 3.05) is 0 Å². The van der Waals surface area contributed by atoms with Gasteiger partial charge in [-0.05, 0) is 72.8 Å². The van der Waals surface area contributed by atoms with Gasteiger partial charge in [0.1, 0.15) is 5.69 Å². The number of rotatable bonds is 5. The number of thiocarbonyl (C=S) groups is 1. The number of nitrogens with zero attached hydrogens (tertiary/aromatic N) is 1. The summed E-state index contributed by atoms with van der Waals surface area (Å²) in [5.41, 5.74) is 4.72. The van der Waals surface area contributed by atoms with Crippen molar-refractivity contribution < 1.29 is 8.78 Å². The van der Waals surface area contributed by atoms with Crippen molar-refractivity contribution in [3.63, 3.8) is 0 Å². The van der Waals surface area contributed by atoms with E-state index in [1.165, 1.54) is 48.1 Å². The average molecular weight is 394 g/mol. The summed E-state index contributed by atoms with van der Waals surface area (Å²) in [5, 5.41) is 1.98. The van der Waals surface area contributed by atoms with Gasteiger partial charge in [0, 0.05) is 11.1 Å². The third-order valence-corrected chi connectivity index (χ3v) is 4.90. The highest BCUT2D eigenvalue weighted by Crippen LogP contribution is 2.26. The Bertz CT molecular complexity index is 998. The summed E-state index contributed by atoms with van der Waals surface area (Å²) in [4.78, 5) is 3.41. The predicted octanol–water partition coefficient (Wildman–Crippen LogP) is 6.81. The van der Waals surface area contributed by atoms with Crippen molar-refractivity contribution in [1.82, 2.24) is 0 Å². The van der Waals surface area contributed by atoms with Crippen LogP contribution in [0.25, 0.3) is 6.08 Å². The maximum Gasteiger partial charge on any atom is 0.153 e. The Morgan fingerprint density at radius 3 is 2.54 bits per heavy atom. The largest absolute Gasteiger partial charge is 0.204 e. The van der Waals surface area contributed by atoms with E-state index in [0.29, 0.717) is 0 Å². The van der Waals surface area contributed by atoms with Crippen molar-refractivity contribution in [2.45, 2.75) is 45.4 Å². The lowest BCUT2D eigenvalue weighted by molar-refractivity contribution is 0.587. The number of halogens is 2. The summed E-state index contributed by atoms with van der Waals surface area (Å²) in [7, 11) is 0. The molecule has 0 heterocycles. The molecule has 0 aliphatic heterocycles. The third kappa shape index (κ3) is 5.01. The first kappa shape index (κ1) is 20.1. The van der Waals surface area contributed by atoms with Crippen LogP contribution >= 0.6 is 12.2 Å². The average Bonchev–Trinajstić information content (AvgIpc) is 2.69. The summed E-state index contributed by atoms with van der Waals surface area (Å²) in [5.74, 6) is 4.32. The molecule has 142 valence electrons. The second-order valence-electron chi connectivity index (χ2n) is 6.90. The first-order valence-electron chi connectivity index (χ1n) is 9.52. The van der Waals surface area contributed by atoms with Crippen LogP contribution in [0.15, 0.2) is 40.9 Å². The monoisotopic (exact) mass is 393 g/mol. The van der Waals surface area contributed by atoms with Gasteiger partial charge in [-0.3, -0.25) is 0 Å². The Morgan fingerprint density at radius 2 is 1.82 bits per heavy atom. The van der Waals surface area contributed by atoms with E-state index in [9.17, 15) is 8.78 Å². The zero-order valence-electron chi connectivity index (χ0n) is 15.8. The highest BCUT2D eigenvalue weighted by Gasteiger charge is 2.11. The van der Waals surface area contributed by atoms with E-state index in [1.54, 1.807) is 0 Å². The zero-order chi connectivity index (χ0) is 19.9. The van der Waals surface area contributed by atoms with Gasteiger partial charge in [-0.1, -0.05) is 49.8 Å². The van der Waals surface area contributed by atoms with Crippen LogP contribution in [0.3, 0.4) is 0 Å². The van der Waals surface area contributed by atoms with Crippen molar-refractivity contribution in [1.29, 1.82) is 0 Å². The Kier molecular flexibility index (Phi) is 6.87. The fraction of sp³-hybridized carbons (Fsp3) is 0.292. The summed E-state index contributed by atoms with van der Waals surface area (Å²) in [6.45, 7) is 2.21. The summed E-state index contributed by atoms with van der Waals surface area (Å²) >= 11 is 4.40. The zero-order valence-corrected chi connectivity index (χ0v) is 16.6. The van der Waals surface area contributed by atoms with Gasteiger partial charge in [0.2, 0.25) is 0 Å². The lowest BCUT2D eigenvalue weighted by atomic mass is 9.90. The molecule has 0 unspecified atom stereocenters. The molecule has 0 aromatic heterocycles. The molecule has 2 aromatic carbocycles. The molecule has 0 radical (unpaired) electrons. The second kappa shape index (κ2) is 9.55. The van der Waals surface area contributed by atoms with Gasteiger partial charge >= 0.3 is 0 Å². The van der Waals surface area contributed by atoms with Crippen LogP contribution in [0, 0.1) is 23.5 Å². The molecular weight excluding hydrogens is 372 g/mol. The topological polar surface area (TPSA) is 12.4 Å². The molecule has 0 amide bonds. The second-order valence-corrected chi connectivity index (χ2v) is 7.08. The van der Waals surface area contributed by atoms with Gasteiger partial charge in [0.05, 0.1) is 5.16 Å². The van der Waals surface area contributed by atoms with Crippen LogP contribution in [-0.4, -0.2) is 5.16 Å². The van der Waals surface area contributed by atoms with Crippen LogP contribution in [0.2, 0.25) is 0 Å². The van der Waals surface area contributed by atoms with Crippen LogP contribution in [0.4, 0.5) is 14.5 Å². The fourth-order valence-corrected chi connectivity index (χ4v) is 3.41. The molecule has 0 atom stereocenters. The van der Waals surface area contributed by atoms with E-state index in [0.717, 1.165) is 24.8 Å². The number of aryl methyl sites for hydroxylation is 2. The van der Waals surface area contributed by atoms with Gasteiger partial charge in [-0.15, -0.1) is 0 Å². The molecule has 1 nitrogen and oxygen atoms in total. The Hall–Kier alpha value is -2.60. The van der Waals surface area contributed by atoms with Crippen molar-refractivity contribution in [3.8, 4) is 11.8 Å². The van der Waals surface area contributed by atoms with Gasteiger partial charge in [-0.2, -0.15) is 4.99 Å². The maximum atomic E-state index is 13.9. The normalized spacial score (nSPS) is 12.3. The fourth-order valence-electron chi connectivity index (χ4n) is 3.32. The molecule has 0 spiro atoms. The molecule has 0 fully saturated rings. The highest BCUT2D eigenvalue weighted by molar-refractivity contribution is 7.78. The minimum atomic E-state index is -0.791. The number of benzene rings is 2. The molecule has 0 saturated carbocycles. The molecule has 2 aromatic rings. The lowest BCUT2D eigenvalue weighted by Gasteiger charge is -2.15. The van der Waals surface area contributed by atoms with Gasteiger partial charge in [-0.25, -0.2) is 8.78 Å².